The fraction of sp³-hybridized carbons (Fsp3) is 0.500. The van der Waals surface area contributed by atoms with E-state index < -0.39 is 11.9 Å². The Morgan fingerprint density at radius 1 is 1.37 bits per heavy atom. The molecule has 1 saturated heterocycles. The van der Waals surface area contributed by atoms with Crippen LogP contribution in [0.15, 0.2) is 18.7 Å². The Labute approximate surface area is 110 Å². The molecule has 1 aliphatic rings. The fourth-order valence-corrected chi connectivity index (χ4v) is 2.26. The van der Waals surface area contributed by atoms with Gasteiger partial charge in [0.25, 0.3) is 0 Å². The molecule has 2 rings (SSSR count). The lowest BCUT2D eigenvalue weighted by molar-refractivity contribution is -0.143. The Kier molecular flexibility index (Phi) is 3.94. The summed E-state index contributed by atoms with van der Waals surface area (Å²) in [6.07, 6.45) is 4.96. The summed E-state index contributed by atoms with van der Waals surface area (Å²) < 4.78 is 0. The standard InChI is InChI=1S/C12H16N4O3/c1-8-2-9(11(17)18)6-16(5-8)12(19)15-10-3-13-7-14-4-10/h3-4,7-9H,2,5-6H2,1H3,(H,15,19)(H,17,18). The third kappa shape index (κ3) is 3.40. The van der Waals surface area contributed by atoms with Gasteiger partial charge in [0.15, 0.2) is 0 Å². The van der Waals surface area contributed by atoms with Crippen LogP contribution in [-0.4, -0.2) is 45.1 Å². The zero-order chi connectivity index (χ0) is 13.8. The van der Waals surface area contributed by atoms with Gasteiger partial charge in [-0.2, -0.15) is 0 Å². The topological polar surface area (TPSA) is 95.4 Å². The van der Waals surface area contributed by atoms with Crippen molar-refractivity contribution in [3.8, 4) is 0 Å². The van der Waals surface area contributed by atoms with Gasteiger partial charge in [-0.15, -0.1) is 0 Å². The quantitative estimate of drug-likeness (QED) is 0.832. The summed E-state index contributed by atoms with van der Waals surface area (Å²) in [6, 6.07) is -0.312. The maximum atomic E-state index is 12.0. The molecule has 102 valence electrons. The molecule has 7 heteroatoms. The van der Waals surface area contributed by atoms with Gasteiger partial charge in [0.1, 0.15) is 6.33 Å². The largest absolute Gasteiger partial charge is 0.481 e. The second kappa shape index (κ2) is 5.64. The maximum absolute atomic E-state index is 12.0. The maximum Gasteiger partial charge on any atom is 0.321 e. The van der Waals surface area contributed by atoms with Crippen LogP contribution in [-0.2, 0) is 4.79 Å². The number of urea groups is 1. The van der Waals surface area contributed by atoms with Crippen LogP contribution < -0.4 is 5.32 Å². The first kappa shape index (κ1) is 13.3. The highest BCUT2D eigenvalue weighted by Gasteiger charge is 2.31. The number of aromatic nitrogens is 2. The molecule has 2 amide bonds. The molecule has 0 bridgehead atoms. The number of amides is 2. The molecule has 1 aromatic rings. The molecule has 1 fully saturated rings. The number of likely N-dealkylation sites (tertiary alicyclic amines) is 1. The van der Waals surface area contributed by atoms with Crippen molar-refractivity contribution in [3.05, 3.63) is 18.7 Å². The van der Waals surface area contributed by atoms with Crippen molar-refractivity contribution in [2.24, 2.45) is 11.8 Å². The van der Waals surface area contributed by atoms with E-state index in [4.69, 9.17) is 5.11 Å². The molecule has 1 aromatic heterocycles. The van der Waals surface area contributed by atoms with E-state index in [-0.39, 0.29) is 18.5 Å². The summed E-state index contributed by atoms with van der Waals surface area (Å²) in [5.41, 5.74) is 0.498. The van der Waals surface area contributed by atoms with E-state index in [9.17, 15) is 9.59 Å². The highest BCUT2D eigenvalue weighted by atomic mass is 16.4. The zero-order valence-corrected chi connectivity index (χ0v) is 10.6. The van der Waals surface area contributed by atoms with Crippen LogP contribution in [0.2, 0.25) is 0 Å². The van der Waals surface area contributed by atoms with Crippen molar-refractivity contribution >= 4 is 17.7 Å². The number of aliphatic carboxylic acids is 1. The van der Waals surface area contributed by atoms with Gasteiger partial charge in [0.05, 0.1) is 24.0 Å². The molecule has 2 N–H and O–H groups in total. The first-order chi connectivity index (χ1) is 9.06. The van der Waals surface area contributed by atoms with E-state index in [0.29, 0.717) is 18.7 Å². The van der Waals surface area contributed by atoms with Gasteiger partial charge in [-0.05, 0) is 12.3 Å². The van der Waals surface area contributed by atoms with Gasteiger partial charge in [-0.3, -0.25) is 4.79 Å². The number of carboxylic acid groups (broad SMARTS) is 1. The summed E-state index contributed by atoms with van der Waals surface area (Å²) in [4.78, 5) is 32.2. The second-order valence-electron chi connectivity index (χ2n) is 4.84. The molecule has 2 unspecified atom stereocenters. The van der Waals surface area contributed by atoms with Crippen molar-refractivity contribution in [2.45, 2.75) is 13.3 Å². The van der Waals surface area contributed by atoms with Gasteiger partial charge in [0.2, 0.25) is 0 Å². The lowest BCUT2D eigenvalue weighted by Gasteiger charge is -2.34. The normalized spacial score (nSPS) is 22.9. The minimum atomic E-state index is -0.854. The number of rotatable bonds is 2. The summed E-state index contributed by atoms with van der Waals surface area (Å²) in [5.74, 6) is -1.18. The number of anilines is 1. The molecule has 19 heavy (non-hydrogen) atoms. The first-order valence-corrected chi connectivity index (χ1v) is 6.10. The van der Waals surface area contributed by atoms with Gasteiger partial charge in [0, 0.05) is 13.1 Å². The predicted octanol–water partition coefficient (Wildman–Crippen LogP) is 1.05. The van der Waals surface area contributed by atoms with Gasteiger partial charge >= 0.3 is 12.0 Å². The molecule has 0 saturated carbocycles. The van der Waals surface area contributed by atoms with Crippen LogP contribution in [0.25, 0.3) is 0 Å². The molecular formula is C12H16N4O3. The fourth-order valence-electron chi connectivity index (χ4n) is 2.26. The minimum Gasteiger partial charge on any atom is -0.481 e. The van der Waals surface area contributed by atoms with Gasteiger partial charge in [-0.1, -0.05) is 6.92 Å². The number of hydrogen-bond donors (Lipinski definition) is 2. The molecule has 0 radical (unpaired) electrons. The molecule has 2 atom stereocenters. The number of carboxylic acids is 1. The van der Waals surface area contributed by atoms with Crippen LogP contribution in [0.4, 0.5) is 10.5 Å². The Morgan fingerprint density at radius 3 is 2.68 bits per heavy atom. The van der Waals surface area contributed by atoms with Crippen molar-refractivity contribution in [2.75, 3.05) is 18.4 Å². The highest BCUT2D eigenvalue weighted by Crippen LogP contribution is 2.22. The third-order valence-electron chi connectivity index (χ3n) is 3.11. The number of carbonyl (C=O) groups excluding carboxylic acids is 1. The van der Waals surface area contributed by atoms with Crippen LogP contribution in [0.1, 0.15) is 13.3 Å². The van der Waals surface area contributed by atoms with Crippen molar-refractivity contribution in [3.63, 3.8) is 0 Å². The van der Waals surface area contributed by atoms with E-state index in [0.717, 1.165) is 0 Å². The zero-order valence-electron chi connectivity index (χ0n) is 10.6. The number of carbonyl (C=O) groups is 2. The van der Waals surface area contributed by atoms with E-state index >= 15 is 0 Å². The van der Waals surface area contributed by atoms with Crippen LogP contribution >= 0.6 is 0 Å². The number of piperidine rings is 1. The number of hydrogen-bond acceptors (Lipinski definition) is 4. The van der Waals surface area contributed by atoms with Crippen molar-refractivity contribution in [1.29, 1.82) is 0 Å². The average Bonchev–Trinajstić information content (AvgIpc) is 2.39. The number of nitrogens with zero attached hydrogens (tertiary/aromatic N) is 3. The first-order valence-electron chi connectivity index (χ1n) is 6.10. The van der Waals surface area contributed by atoms with E-state index in [1.807, 2.05) is 6.92 Å². The highest BCUT2D eigenvalue weighted by molar-refractivity contribution is 5.89. The summed E-state index contributed by atoms with van der Waals surface area (Å²) in [6.45, 7) is 2.74. The lowest BCUT2D eigenvalue weighted by atomic mass is 9.91. The second-order valence-corrected chi connectivity index (χ2v) is 4.84. The molecular weight excluding hydrogens is 248 g/mol. The molecule has 1 aliphatic heterocycles. The minimum absolute atomic E-state index is 0.174. The summed E-state index contributed by atoms with van der Waals surface area (Å²) >= 11 is 0. The van der Waals surface area contributed by atoms with Crippen LogP contribution in [0.3, 0.4) is 0 Å². The molecule has 0 aromatic carbocycles. The SMILES string of the molecule is CC1CC(C(=O)O)CN(C(=O)Nc2cncnc2)C1. The van der Waals surface area contributed by atoms with Crippen LogP contribution in [0.5, 0.6) is 0 Å². The van der Waals surface area contributed by atoms with E-state index in [2.05, 4.69) is 15.3 Å². The number of nitrogens with one attached hydrogen (secondary N) is 1. The molecule has 7 nitrogen and oxygen atoms in total. The van der Waals surface area contributed by atoms with E-state index in [1.165, 1.54) is 23.6 Å². The Balaban J connectivity index is 2.00. The van der Waals surface area contributed by atoms with E-state index in [1.54, 1.807) is 0 Å². The molecule has 0 spiro atoms. The summed E-state index contributed by atoms with van der Waals surface area (Å²) in [7, 11) is 0. The molecule has 0 aliphatic carbocycles. The average molecular weight is 264 g/mol. The Bertz CT molecular complexity index is 465. The summed E-state index contributed by atoms with van der Waals surface area (Å²) in [5, 5.41) is 11.7. The Morgan fingerprint density at radius 2 is 2.05 bits per heavy atom. The van der Waals surface area contributed by atoms with Crippen molar-refractivity contribution < 1.29 is 14.7 Å². The molecule has 2 heterocycles. The van der Waals surface area contributed by atoms with Gasteiger partial charge in [-0.25, -0.2) is 14.8 Å². The Hall–Kier alpha value is -2.18. The third-order valence-corrected chi connectivity index (χ3v) is 3.11. The monoisotopic (exact) mass is 264 g/mol. The van der Waals surface area contributed by atoms with Crippen LogP contribution in [0, 0.1) is 11.8 Å². The lowest BCUT2D eigenvalue weighted by Crippen LogP contribution is -2.47. The smallest absolute Gasteiger partial charge is 0.321 e. The van der Waals surface area contributed by atoms with Crippen molar-refractivity contribution in [1.82, 2.24) is 14.9 Å². The van der Waals surface area contributed by atoms with Gasteiger partial charge < -0.3 is 15.3 Å². The predicted molar refractivity (Wildman–Crippen MR) is 67.5 cm³/mol.